The van der Waals surface area contributed by atoms with Crippen LogP contribution < -0.4 is 0 Å². The van der Waals surface area contributed by atoms with Crippen LogP contribution in [0.25, 0.3) is 0 Å². The lowest BCUT2D eigenvalue weighted by atomic mass is 10.2. The van der Waals surface area contributed by atoms with Crippen molar-refractivity contribution in [2.45, 2.75) is 86.2 Å². The van der Waals surface area contributed by atoms with E-state index in [1.165, 1.54) is 0 Å². The molecule has 0 rings (SSSR count). The molecule has 4 atom stereocenters. The number of rotatable bonds is 17. The van der Waals surface area contributed by atoms with E-state index >= 15 is 0 Å². The molecule has 0 fully saturated rings. The minimum Gasteiger partial charge on any atom is -0.387 e. The van der Waals surface area contributed by atoms with Gasteiger partial charge in [-0.05, 0) is 13.1 Å². The summed E-state index contributed by atoms with van der Waals surface area (Å²) in [7, 11) is -13.2. The Morgan fingerprint density at radius 3 is 0.562 bits per heavy atom. The van der Waals surface area contributed by atoms with Crippen LogP contribution >= 0.6 is 0 Å². The molecular weight excluding hydrogens is 792 g/mol. The molecule has 0 radical (unpaired) electrons. The molecule has 4 unspecified atom stereocenters. The van der Waals surface area contributed by atoms with Gasteiger partial charge in [0.2, 0.25) is 0 Å². The summed E-state index contributed by atoms with van der Waals surface area (Å²) in [6.07, 6.45) is -47.6. The topological polar surface area (TPSA) is 36.9 Å². The van der Waals surface area contributed by atoms with E-state index in [2.05, 4.69) is 17.7 Å². The maximum atomic E-state index is 13.9. The van der Waals surface area contributed by atoms with Crippen LogP contribution in [0.15, 0.2) is 0 Å². The molecule has 0 amide bonds. The maximum absolute atomic E-state index is 13.9. The van der Waals surface area contributed by atoms with Gasteiger partial charge in [0, 0.05) is 0 Å². The maximum Gasteiger partial charge on any atom is 0.425 e. The van der Waals surface area contributed by atoms with Crippen LogP contribution in [0.2, 0.25) is 13.1 Å². The molecule has 0 saturated carbocycles. The average molecular weight is 810 g/mol. The van der Waals surface area contributed by atoms with Gasteiger partial charge in [-0.25, -0.2) is 52.7 Å². The Kier molecular flexibility index (Phi) is 14.2. The largest absolute Gasteiger partial charge is 0.425 e. The molecule has 0 aliphatic rings. The molecular formula is C18H18F24O4Si2. The number of hydrogen-bond acceptors (Lipinski definition) is 4. The van der Waals surface area contributed by atoms with E-state index in [1.807, 2.05) is 0 Å². The highest BCUT2D eigenvalue weighted by atomic mass is 29.3. The highest BCUT2D eigenvalue weighted by molar-refractivity contribution is 7.31. The fourth-order valence-corrected chi connectivity index (χ4v) is 9.89. The Hall–Kier alpha value is -1.41. The van der Waals surface area contributed by atoms with Gasteiger partial charge in [-0.15, -0.1) is 0 Å². The lowest BCUT2D eigenvalue weighted by Gasteiger charge is -2.42. The van der Waals surface area contributed by atoms with Crippen LogP contribution in [0.4, 0.5) is 105 Å². The van der Waals surface area contributed by atoms with E-state index in [1.54, 1.807) is 0 Å². The molecule has 290 valence electrons. The molecule has 0 aliphatic carbocycles. The molecule has 30 heteroatoms. The SMILES string of the molecule is C[Si](OCC(F)(F)C(F)C(F)(F)F)(OCC(F)(F)C(F)C(F)(F)F)[Si](C)(OCC(F)(F)C(F)C(F)(F)F)OCC(F)(F)C(F)C(F)(F)F. The van der Waals surface area contributed by atoms with Crippen LogP contribution in [0, 0.1) is 0 Å². The van der Waals surface area contributed by atoms with E-state index in [0.717, 1.165) is 0 Å². The highest BCUT2D eigenvalue weighted by Crippen LogP contribution is 2.42. The minimum atomic E-state index is -6.60. The third-order valence-electron chi connectivity index (χ3n) is 5.62. The quantitative estimate of drug-likeness (QED) is 0.109. The third-order valence-corrected chi connectivity index (χ3v) is 16.7. The van der Waals surface area contributed by atoms with E-state index in [0.29, 0.717) is 0 Å². The smallest absolute Gasteiger partial charge is 0.387 e. The van der Waals surface area contributed by atoms with Crippen LogP contribution in [-0.4, -0.2) is 116 Å². The Morgan fingerprint density at radius 1 is 0.333 bits per heavy atom. The zero-order valence-electron chi connectivity index (χ0n) is 22.8. The van der Waals surface area contributed by atoms with E-state index in [-0.39, 0.29) is 13.1 Å². The lowest BCUT2D eigenvalue weighted by molar-refractivity contribution is -0.257. The first kappa shape index (κ1) is 46.6. The van der Waals surface area contributed by atoms with Gasteiger partial charge in [-0.3, -0.25) is 0 Å². The van der Waals surface area contributed by atoms with Gasteiger partial charge in [0.15, 0.2) is 0 Å². The first-order chi connectivity index (χ1) is 20.7. The molecule has 0 aliphatic heterocycles. The normalized spacial score (nSPS) is 20.1. The lowest BCUT2D eigenvalue weighted by Crippen LogP contribution is -2.70. The Morgan fingerprint density at radius 2 is 0.458 bits per heavy atom. The molecule has 4 nitrogen and oxygen atoms in total. The van der Waals surface area contributed by atoms with Crippen molar-refractivity contribution in [3.63, 3.8) is 0 Å². The second kappa shape index (κ2) is 14.7. The summed E-state index contributed by atoms with van der Waals surface area (Å²) in [5.41, 5.74) is 0. The predicted molar refractivity (Wildman–Crippen MR) is 111 cm³/mol. The molecule has 0 spiro atoms. The van der Waals surface area contributed by atoms with Gasteiger partial charge in [0.05, 0.1) is 0 Å². The number of alkyl halides is 24. The molecule has 0 heterocycles. The summed E-state index contributed by atoms with van der Waals surface area (Å²) in [5.74, 6) is -24.0. The Labute approximate surface area is 252 Å². The van der Waals surface area contributed by atoms with Crippen molar-refractivity contribution in [2.75, 3.05) is 26.4 Å². The Bertz CT molecular complexity index is 874. The predicted octanol–water partition coefficient (Wildman–Crippen LogP) is 8.42. The summed E-state index contributed by atoms with van der Waals surface area (Å²) in [4.78, 5) is 0. The third kappa shape index (κ3) is 12.1. The van der Waals surface area contributed by atoms with Crippen molar-refractivity contribution in [1.82, 2.24) is 0 Å². The Balaban J connectivity index is 7.20. The second-order valence-corrected chi connectivity index (χ2v) is 20.1. The summed E-state index contributed by atoms with van der Waals surface area (Å²) < 4.78 is 331. The van der Waals surface area contributed by atoms with Gasteiger partial charge in [0.1, 0.15) is 26.4 Å². The van der Waals surface area contributed by atoms with Gasteiger partial charge >= 0.3 is 64.6 Å². The molecule has 0 saturated heterocycles. The summed E-state index contributed by atoms with van der Waals surface area (Å²) >= 11 is 0. The first-order valence-electron chi connectivity index (χ1n) is 11.6. The molecule has 0 aromatic carbocycles. The van der Waals surface area contributed by atoms with Crippen LogP contribution in [0.3, 0.4) is 0 Å². The zero-order valence-corrected chi connectivity index (χ0v) is 24.8. The first-order valence-corrected chi connectivity index (χ1v) is 17.2. The monoisotopic (exact) mass is 810 g/mol. The molecule has 0 N–H and O–H groups in total. The second-order valence-electron chi connectivity index (χ2n) is 9.71. The van der Waals surface area contributed by atoms with Crippen LogP contribution in [0.1, 0.15) is 0 Å². The minimum absolute atomic E-state index is 0.323. The van der Waals surface area contributed by atoms with Gasteiger partial charge < -0.3 is 17.7 Å². The fraction of sp³-hybridized carbons (Fsp3) is 1.00. The van der Waals surface area contributed by atoms with Crippen molar-refractivity contribution >= 4 is 16.2 Å². The van der Waals surface area contributed by atoms with Gasteiger partial charge in [-0.2, -0.15) is 52.7 Å². The molecule has 0 aromatic heterocycles. The standard InChI is InChI=1S/C18H18F24O4Si2/c1-47(43-3-11(23,24)7(19)15(31,32)33,44-4-12(25,26)8(20)16(34,35)36)48(2,45-5-13(27,28)9(21)17(37,38)39)46-6-14(29,30)10(22)18(40,41)42/h7-10H,3-6H2,1-2H3. The molecule has 0 bridgehead atoms. The van der Waals surface area contributed by atoms with Gasteiger partial charge in [-0.1, -0.05) is 0 Å². The summed E-state index contributed by atoms with van der Waals surface area (Å²) in [6, 6.07) is 0. The van der Waals surface area contributed by atoms with Crippen LogP contribution in [0.5, 0.6) is 0 Å². The molecule has 48 heavy (non-hydrogen) atoms. The van der Waals surface area contributed by atoms with Crippen molar-refractivity contribution in [2.24, 2.45) is 0 Å². The van der Waals surface area contributed by atoms with Crippen molar-refractivity contribution < 1.29 is 123 Å². The van der Waals surface area contributed by atoms with E-state index < -0.39 is 116 Å². The van der Waals surface area contributed by atoms with E-state index in [4.69, 9.17) is 0 Å². The summed E-state index contributed by atoms with van der Waals surface area (Å²) in [6.45, 7) is -13.7. The van der Waals surface area contributed by atoms with Gasteiger partial charge in [0.25, 0.3) is 24.7 Å². The van der Waals surface area contributed by atoms with Crippen LogP contribution in [-0.2, 0) is 17.7 Å². The number of hydrogen-bond donors (Lipinski definition) is 0. The fourth-order valence-electron chi connectivity index (χ4n) is 2.79. The highest BCUT2D eigenvalue weighted by Gasteiger charge is 2.68. The average Bonchev–Trinajstić information content (AvgIpc) is 2.89. The van der Waals surface area contributed by atoms with Crippen molar-refractivity contribution in [3.8, 4) is 0 Å². The van der Waals surface area contributed by atoms with Crippen molar-refractivity contribution in [1.29, 1.82) is 0 Å². The summed E-state index contributed by atoms with van der Waals surface area (Å²) in [5, 5.41) is 0. The zero-order chi connectivity index (χ0) is 39.0. The number of halogens is 24. The van der Waals surface area contributed by atoms with E-state index in [9.17, 15) is 105 Å². The van der Waals surface area contributed by atoms with Crippen molar-refractivity contribution in [3.05, 3.63) is 0 Å². The molecule has 0 aromatic rings.